The minimum Gasteiger partial charge on any atom is -0.466 e. The molecule has 10 heteroatoms. The quantitative estimate of drug-likeness (QED) is 0.402. The van der Waals surface area contributed by atoms with E-state index in [1.807, 2.05) is 13.8 Å². The lowest BCUT2D eigenvalue weighted by molar-refractivity contribution is -0.143. The Bertz CT molecular complexity index is 1250. The Kier molecular flexibility index (Phi) is 8.39. The van der Waals surface area contributed by atoms with E-state index >= 15 is 0 Å². The first-order valence-electron chi connectivity index (χ1n) is 12.2. The van der Waals surface area contributed by atoms with E-state index in [4.69, 9.17) is 9.47 Å². The molecule has 36 heavy (non-hydrogen) atoms. The summed E-state index contributed by atoms with van der Waals surface area (Å²) in [7, 11) is 0. The first-order valence-corrected chi connectivity index (χ1v) is 12.2. The van der Waals surface area contributed by atoms with Gasteiger partial charge in [0.05, 0.1) is 37.2 Å². The summed E-state index contributed by atoms with van der Waals surface area (Å²) in [6, 6.07) is 0. The number of nitrogens with one attached hydrogen (secondary N) is 2. The largest absolute Gasteiger partial charge is 0.466 e. The van der Waals surface area contributed by atoms with Crippen molar-refractivity contribution < 1.29 is 28.7 Å². The molecule has 2 aromatic heterocycles. The number of hydrogen-bond acceptors (Lipinski definition) is 8. The molecular formula is C26H30N2O8. The lowest BCUT2D eigenvalue weighted by Gasteiger charge is -2.24. The highest BCUT2D eigenvalue weighted by Gasteiger charge is 2.38. The van der Waals surface area contributed by atoms with Crippen molar-refractivity contribution in [3.8, 4) is 0 Å². The molecule has 0 saturated heterocycles. The maximum absolute atomic E-state index is 14.0. The molecule has 1 aliphatic rings. The maximum Gasteiger partial charge on any atom is 0.310 e. The van der Waals surface area contributed by atoms with Gasteiger partial charge < -0.3 is 19.4 Å². The van der Waals surface area contributed by atoms with E-state index in [9.17, 15) is 28.8 Å². The van der Waals surface area contributed by atoms with Gasteiger partial charge in [-0.2, -0.15) is 0 Å². The van der Waals surface area contributed by atoms with Gasteiger partial charge in [0, 0.05) is 11.1 Å². The number of carbonyl (C=O) groups is 4. The van der Waals surface area contributed by atoms with Crippen LogP contribution in [0.15, 0.2) is 9.59 Å². The number of ether oxygens (including phenoxy) is 2. The molecule has 0 atom stereocenters. The van der Waals surface area contributed by atoms with Gasteiger partial charge in [0.15, 0.2) is 5.78 Å². The summed E-state index contributed by atoms with van der Waals surface area (Å²) in [5, 5.41) is 0. The van der Waals surface area contributed by atoms with Crippen LogP contribution >= 0.6 is 0 Å². The highest BCUT2D eigenvalue weighted by atomic mass is 16.5. The highest BCUT2D eigenvalue weighted by Crippen LogP contribution is 2.32. The molecule has 3 rings (SSSR count). The van der Waals surface area contributed by atoms with E-state index in [1.165, 1.54) is 0 Å². The fourth-order valence-corrected chi connectivity index (χ4v) is 4.61. The van der Waals surface area contributed by atoms with Crippen molar-refractivity contribution in [2.45, 2.75) is 66.2 Å². The predicted molar refractivity (Wildman–Crippen MR) is 130 cm³/mol. The van der Waals surface area contributed by atoms with E-state index in [2.05, 4.69) is 9.97 Å². The van der Waals surface area contributed by atoms with Crippen molar-refractivity contribution in [3.63, 3.8) is 0 Å². The summed E-state index contributed by atoms with van der Waals surface area (Å²) in [5.41, 5.74) is -0.953. The summed E-state index contributed by atoms with van der Waals surface area (Å²) in [6.07, 6.45) is 0.946. The summed E-state index contributed by atoms with van der Waals surface area (Å²) in [4.78, 5) is 82.6. The number of pyridine rings is 2. The summed E-state index contributed by atoms with van der Waals surface area (Å²) in [6.45, 7) is 7.25. The van der Waals surface area contributed by atoms with Gasteiger partial charge >= 0.3 is 11.9 Å². The molecule has 0 bridgehead atoms. The van der Waals surface area contributed by atoms with Crippen LogP contribution in [0.3, 0.4) is 0 Å². The molecule has 0 aliphatic heterocycles. The van der Waals surface area contributed by atoms with Gasteiger partial charge in [0.25, 0.3) is 11.1 Å². The Balaban J connectivity index is 2.31. The van der Waals surface area contributed by atoms with Crippen LogP contribution in [0.25, 0.3) is 0 Å². The average molecular weight is 499 g/mol. The lowest BCUT2D eigenvalue weighted by atomic mass is 9.80. The Morgan fingerprint density at radius 1 is 0.611 bits per heavy atom. The third-order valence-corrected chi connectivity index (χ3v) is 6.02. The SMILES string of the molecule is CCCc1c2c([nH]c(=O)c1CC(=O)OCC)C(=O)c1[nH]c(=O)c(CC(=O)OCC)c(CCC)c1C2=O. The van der Waals surface area contributed by atoms with Crippen LogP contribution in [-0.4, -0.2) is 46.7 Å². The molecule has 0 saturated carbocycles. The third kappa shape index (κ3) is 4.93. The molecule has 0 unspecified atom stereocenters. The number of H-pyrrole nitrogens is 2. The molecule has 192 valence electrons. The third-order valence-electron chi connectivity index (χ3n) is 6.02. The van der Waals surface area contributed by atoms with Gasteiger partial charge in [-0.1, -0.05) is 26.7 Å². The number of carbonyl (C=O) groups excluding carboxylic acids is 4. The van der Waals surface area contributed by atoms with Gasteiger partial charge in [-0.05, 0) is 37.8 Å². The van der Waals surface area contributed by atoms with E-state index in [0.717, 1.165) is 0 Å². The van der Waals surface area contributed by atoms with Crippen molar-refractivity contribution in [1.29, 1.82) is 0 Å². The monoisotopic (exact) mass is 498 g/mol. The van der Waals surface area contributed by atoms with E-state index in [-0.39, 0.29) is 72.5 Å². The normalized spacial score (nSPS) is 12.2. The van der Waals surface area contributed by atoms with E-state index in [0.29, 0.717) is 24.0 Å². The van der Waals surface area contributed by atoms with Crippen LogP contribution in [0.2, 0.25) is 0 Å². The zero-order chi connectivity index (χ0) is 26.6. The minimum atomic E-state index is -0.700. The van der Waals surface area contributed by atoms with Crippen LogP contribution in [-0.2, 0) is 44.7 Å². The molecule has 2 aromatic rings. The number of rotatable bonds is 10. The molecule has 0 radical (unpaired) electrons. The second-order valence-electron chi connectivity index (χ2n) is 8.44. The molecule has 2 N–H and O–H groups in total. The van der Waals surface area contributed by atoms with Gasteiger partial charge in [0.2, 0.25) is 5.78 Å². The van der Waals surface area contributed by atoms with Crippen LogP contribution in [0.1, 0.15) is 94.9 Å². The molecule has 0 amide bonds. The fourth-order valence-electron chi connectivity index (χ4n) is 4.61. The van der Waals surface area contributed by atoms with Crippen LogP contribution in [0.5, 0.6) is 0 Å². The zero-order valence-electron chi connectivity index (χ0n) is 20.9. The van der Waals surface area contributed by atoms with Crippen molar-refractivity contribution in [1.82, 2.24) is 9.97 Å². The Hall–Kier alpha value is -3.82. The highest BCUT2D eigenvalue weighted by molar-refractivity contribution is 6.28. The van der Waals surface area contributed by atoms with Crippen molar-refractivity contribution in [2.75, 3.05) is 13.2 Å². The van der Waals surface area contributed by atoms with Crippen LogP contribution in [0, 0.1) is 0 Å². The predicted octanol–water partition coefficient (Wildman–Crippen LogP) is 1.95. The summed E-state index contributed by atoms with van der Waals surface area (Å²) >= 11 is 0. The second kappa shape index (κ2) is 11.3. The Morgan fingerprint density at radius 2 is 1.00 bits per heavy atom. The second-order valence-corrected chi connectivity index (χ2v) is 8.44. The minimum absolute atomic E-state index is 0.0136. The molecular weight excluding hydrogens is 468 g/mol. The van der Waals surface area contributed by atoms with Crippen molar-refractivity contribution in [3.05, 3.63) is 65.5 Å². The van der Waals surface area contributed by atoms with Gasteiger partial charge in [-0.15, -0.1) is 0 Å². The Labute approximate surface area is 207 Å². The zero-order valence-corrected chi connectivity index (χ0v) is 20.9. The van der Waals surface area contributed by atoms with Crippen LogP contribution < -0.4 is 11.1 Å². The topological polar surface area (TPSA) is 152 Å². The maximum atomic E-state index is 14.0. The molecule has 0 fully saturated rings. The van der Waals surface area contributed by atoms with E-state index < -0.39 is 34.6 Å². The first kappa shape index (κ1) is 26.8. The Morgan fingerprint density at radius 3 is 1.33 bits per heavy atom. The smallest absolute Gasteiger partial charge is 0.310 e. The number of esters is 2. The molecule has 1 aliphatic carbocycles. The molecule has 2 heterocycles. The van der Waals surface area contributed by atoms with Gasteiger partial charge in [0.1, 0.15) is 11.4 Å². The molecule has 0 aromatic carbocycles. The lowest BCUT2D eigenvalue weighted by Crippen LogP contribution is -2.36. The number of aromatic nitrogens is 2. The fraction of sp³-hybridized carbons (Fsp3) is 0.462. The summed E-state index contributed by atoms with van der Waals surface area (Å²) < 4.78 is 9.98. The molecule has 0 spiro atoms. The number of fused-ring (bicyclic) bond motifs is 2. The number of ketones is 2. The standard InChI is InChI=1S/C26H30N2O8/c1-5-9-13-15(11-17(29)35-7-3)25(33)27-21-19(13)23(31)20-14(10-6-2)16(12-18(30)36-8-4)26(34)28-22(20)24(21)32/h5-12H2,1-4H3,(H,27,33)(H,28,34). The first-order chi connectivity index (χ1) is 17.2. The van der Waals surface area contributed by atoms with Crippen molar-refractivity contribution >= 4 is 23.5 Å². The number of aromatic amines is 2. The number of hydrogen-bond donors (Lipinski definition) is 2. The van der Waals surface area contributed by atoms with Crippen LogP contribution in [0.4, 0.5) is 0 Å². The molecule has 10 nitrogen and oxygen atoms in total. The van der Waals surface area contributed by atoms with Gasteiger partial charge in [-0.3, -0.25) is 28.8 Å². The van der Waals surface area contributed by atoms with Crippen molar-refractivity contribution in [2.24, 2.45) is 0 Å². The summed E-state index contributed by atoms with van der Waals surface area (Å²) in [5.74, 6) is -2.49. The van der Waals surface area contributed by atoms with Gasteiger partial charge in [-0.25, -0.2) is 0 Å². The van der Waals surface area contributed by atoms with E-state index in [1.54, 1.807) is 13.8 Å². The average Bonchev–Trinajstić information content (AvgIpc) is 2.82.